The van der Waals surface area contributed by atoms with Crippen molar-refractivity contribution in [2.45, 2.75) is 6.42 Å². The molecule has 0 radical (unpaired) electrons. The van der Waals surface area contributed by atoms with Crippen LogP contribution in [0.3, 0.4) is 0 Å². The minimum atomic E-state index is 0.106. The van der Waals surface area contributed by atoms with E-state index < -0.39 is 0 Å². The van der Waals surface area contributed by atoms with Gasteiger partial charge in [-0.3, -0.25) is 9.48 Å². The first kappa shape index (κ1) is 11.3. The van der Waals surface area contributed by atoms with Gasteiger partial charge in [-0.05, 0) is 40.3 Å². The van der Waals surface area contributed by atoms with Crippen LogP contribution >= 0.6 is 22.6 Å². The number of Topliss-reactive ketones (excluding diaryl/α,β-unsaturated/α-hetero) is 1. The van der Waals surface area contributed by atoms with Gasteiger partial charge >= 0.3 is 0 Å². The van der Waals surface area contributed by atoms with Gasteiger partial charge in [0, 0.05) is 23.2 Å². The van der Waals surface area contributed by atoms with Gasteiger partial charge in [-0.1, -0.05) is 12.1 Å². The molecule has 1 aromatic heterocycles. The quantitative estimate of drug-likeness (QED) is 0.641. The average Bonchev–Trinajstić information content (AvgIpc) is 2.68. The molecule has 1 aromatic carbocycles. The molecule has 82 valence electrons. The van der Waals surface area contributed by atoms with Crippen molar-refractivity contribution < 1.29 is 4.79 Å². The van der Waals surface area contributed by atoms with Crippen LogP contribution in [-0.4, -0.2) is 15.6 Å². The van der Waals surface area contributed by atoms with Crippen molar-refractivity contribution in [3.63, 3.8) is 0 Å². The highest BCUT2D eigenvalue weighted by molar-refractivity contribution is 14.1. The summed E-state index contributed by atoms with van der Waals surface area (Å²) in [5, 5.41) is 3.99. The van der Waals surface area contributed by atoms with E-state index in [9.17, 15) is 4.79 Å². The fourth-order valence-corrected chi connectivity index (χ4v) is 1.81. The van der Waals surface area contributed by atoms with Crippen LogP contribution in [0.2, 0.25) is 0 Å². The number of carbonyl (C=O) groups excluding carboxylic acids is 1. The molecule has 0 spiro atoms. The highest BCUT2D eigenvalue weighted by atomic mass is 127. The molecule has 1 heterocycles. The zero-order valence-electron chi connectivity index (χ0n) is 8.85. The Balaban J connectivity index is 2.10. The summed E-state index contributed by atoms with van der Waals surface area (Å²) in [5.41, 5.74) is 1.70. The third kappa shape index (κ3) is 2.69. The van der Waals surface area contributed by atoms with Crippen molar-refractivity contribution in [2.24, 2.45) is 7.05 Å². The third-order valence-electron chi connectivity index (χ3n) is 2.30. The number of carbonyl (C=O) groups is 1. The topological polar surface area (TPSA) is 34.9 Å². The van der Waals surface area contributed by atoms with Gasteiger partial charge in [-0.2, -0.15) is 5.10 Å². The maximum Gasteiger partial charge on any atom is 0.170 e. The van der Waals surface area contributed by atoms with E-state index in [0.29, 0.717) is 12.0 Å². The van der Waals surface area contributed by atoms with Gasteiger partial charge in [0.2, 0.25) is 0 Å². The maximum atomic E-state index is 11.9. The fraction of sp³-hybridized carbons (Fsp3) is 0.167. The second kappa shape index (κ2) is 4.78. The number of benzene rings is 1. The predicted octanol–water partition coefficient (Wildman–Crippen LogP) is 2.45. The lowest BCUT2D eigenvalue weighted by atomic mass is 10.1. The summed E-state index contributed by atoms with van der Waals surface area (Å²) >= 11 is 2.25. The lowest BCUT2D eigenvalue weighted by Gasteiger charge is -1.99. The Hall–Kier alpha value is -1.17. The normalized spacial score (nSPS) is 10.4. The molecule has 0 bridgehead atoms. The molecule has 0 aliphatic heterocycles. The second-order valence-corrected chi connectivity index (χ2v) is 4.87. The first-order chi connectivity index (χ1) is 7.65. The molecule has 0 aliphatic carbocycles. The van der Waals surface area contributed by atoms with E-state index in [1.54, 1.807) is 17.1 Å². The molecule has 0 unspecified atom stereocenters. The summed E-state index contributed by atoms with van der Waals surface area (Å²) in [7, 11) is 1.81. The summed E-state index contributed by atoms with van der Waals surface area (Å²) in [6, 6.07) is 7.98. The van der Waals surface area contributed by atoms with Gasteiger partial charge in [0.15, 0.2) is 5.78 Å². The Morgan fingerprint density at radius 1 is 1.38 bits per heavy atom. The minimum Gasteiger partial charge on any atom is -0.294 e. The smallest absolute Gasteiger partial charge is 0.170 e. The van der Waals surface area contributed by atoms with Gasteiger partial charge < -0.3 is 0 Å². The first-order valence-electron chi connectivity index (χ1n) is 4.91. The molecule has 0 saturated heterocycles. The molecule has 0 N–H and O–H groups in total. The van der Waals surface area contributed by atoms with Gasteiger partial charge in [0.05, 0.1) is 11.8 Å². The Morgan fingerprint density at radius 2 is 2.06 bits per heavy atom. The van der Waals surface area contributed by atoms with Crippen molar-refractivity contribution in [3.8, 4) is 0 Å². The number of nitrogens with zero attached hydrogens (tertiary/aromatic N) is 2. The average molecular weight is 326 g/mol. The number of aromatic nitrogens is 2. The van der Waals surface area contributed by atoms with E-state index in [4.69, 9.17) is 0 Å². The van der Waals surface area contributed by atoms with Crippen LogP contribution in [-0.2, 0) is 13.5 Å². The van der Waals surface area contributed by atoms with Crippen molar-refractivity contribution in [1.82, 2.24) is 9.78 Å². The summed E-state index contributed by atoms with van der Waals surface area (Å²) in [4.78, 5) is 11.9. The van der Waals surface area contributed by atoms with Gasteiger partial charge in [0.1, 0.15) is 0 Å². The number of halogens is 1. The lowest BCUT2D eigenvalue weighted by molar-refractivity contribution is 0.0993. The Kier molecular flexibility index (Phi) is 3.38. The largest absolute Gasteiger partial charge is 0.294 e. The number of ketones is 1. The molecule has 4 heteroatoms. The van der Waals surface area contributed by atoms with Crippen molar-refractivity contribution >= 4 is 28.4 Å². The molecule has 2 aromatic rings. The molecule has 0 fully saturated rings. The standard InChI is InChI=1S/C12H11IN2O/c1-15-8-10(7-14-15)12(16)6-9-2-4-11(13)5-3-9/h2-5,7-8H,6H2,1H3. The van der Waals surface area contributed by atoms with Crippen LogP contribution in [0, 0.1) is 3.57 Å². The summed E-state index contributed by atoms with van der Waals surface area (Å²) in [6.45, 7) is 0. The summed E-state index contributed by atoms with van der Waals surface area (Å²) in [6.07, 6.45) is 3.78. The predicted molar refractivity (Wildman–Crippen MR) is 70.4 cm³/mol. The zero-order chi connectivity index (χ0) is 11.5. The molecule has 3 nitrogen and oxygen atoms in total. The van der Waals surface area contributed by atoms with Crippen LogP contribution in [0.15, 0.2) is 36.7 Å². The Labute approximate surface area is 108 Å². The number of aryl methyl sites for hydroxylation is 1. The fourth-order valence-electron chi connectivity index (χ4n) is 1.45. The molecular formula is C12H11IN2O. The van der Waals surface area contributed by atoms with Gasteiger partial charge in [-0.15, -0.1) is 0 Å². The van der Waals surface area contributed by atoms with Crippen LogP contribution in [0.1, 0.15) is 15.9 Å². The van der Waals surface area contributed by atoms with Crippen molar-refractivity contribution in [3.05, 3.63) is 51.4 Å². The van der Waals surface area contributed by atoms with Crippen molar-refractivity contribution in [1.29, 1.82) is 0 Å². The number of rotatable bonds is 3. The Morgan fingerprint density at radius 3 is 2.62 bits per heavy atom. The molecule has 0 atom stereocenters. The van der Waals surface area contributed by atoms with Crippen LogP contribution in [0.25, 0.3) is 0 Å². The number of hydrogen-bond acceptors (Lipinski definition) is 2. The molecule has 16 heavy (non-hydrogen) atoms. The lowest BCUT2D eigenvalue weighted by Crippen LogP contribution is -2.02. The van der Waals surface area contributed by atoms with Crippen LogP contribution < -0.4 is 0 Å². The van der Waals surface area contributed by atoms with Gasteiger partial charge in [-0.25, -0.2) is 0 Å². The summed E-state index contributed by atoms with van der Waals surface area (Å²) in [5.74, 6) is 0.106. The highest BCUT2D eigenvalue weighted by Gasteiger charge is 2.08. The molecule has 0 amide bonds. The SMILES string of the molecule is Cn1cc(C(=O)Cc2ccc(I)cc2)cn1. The van der Waals surface area contributed by atoms with Crippen molar-refractivity contribution in [2.75, 3.05) is 0 Å². The van der Waals surface area contributed by atoms with Crippen LogP contribution in [0.5, 0.6) is 0 Å². The summed E-state index contributed by atoms with van der Waals surface area (Å²) < 4.78 is 2.82. The zero-order valence-corrected chi connectivity index (χ0v) is 11.0. The second-order valence-electron chi connectivity index (χ2n) is 3.63. The maximum absolute atomic E-state index is 11.9. The van der Waals surface area contributed by atoms with Gasteiger partial charge in [0.25, 0.3) is 0 Å². The van der Waals surface area contributed by atoms with E-state index in [0.717, 1.165) is 5.56 Å². The molecular weight excluding hydrogens is 315 g/mol. The molecule has 0 saturated carbocycles. The van der Waals surface area contributed by atoms with E-state index in [1.807, 2.05) is 31.3 Å². The van der Waals surface area contributed by atoms with E-state index in [1.165, 1.54) is 3.57 Å². The highest BCUT2D eigenvalue weighted by Crippen LogP contribution is 2.10. The molecule has 2 rings (SSSR count). The monoisotopic (exact) mass is 326 g/mol. The van der Waals surface area contributed by atoms with E-state index >= 15 is 0 Å². The minimum absolute atomic E-state index is 0.106. The van der Waals surface area contributed by atoms with E-state index in [2.05, 4.69) is 27.7 Å². The van der Waals surface area contributed by atoms with Crippen LogP contribution in [0.4, 0.5) is 0 Å². The third-order valence-corrected chi connectivity index (χ3v) is 3.02. The molecule has 0 aliphatic rings. The van der Waals surface area contributed by atoms with E-state index in [-0.39, 0.29) is 5.78 Å². The number of hydrogen-bond donors (Lipinski definition) is 0. The Bertz CT molecular complexity index is 502. The first-order valence-corrected chi connectivity index (χ1v) is 5.99.